The van der Waals surface area contributed by atoms with Crippen molar-refractivity contribution < 1.29 is 14.3 Å². The summed E-state index contributed by atoms with van der Waals surface area (Å²) in [7, 11) is 1.53. The number of hydrogen-bond acceptors (Lipinski definition) is 4. The number of fused-ring (bicyclic) bond motifs is 1. The quantitative estimate of drug-likeness (QED) is 0.534. The number of carbonyl (C=O) groups is 1. The highest BCUT2D eigenvalue weighted by molar-refractivity contribution is 6.15. The van der Waals surface area contributed by atoms with Crippen LogP contribution in [0.5, 0.6) is 11.5 Å². The lowest BCUT2D eigenvalue weighted by molar-refractivity contribution is 0.104. The number of aromatic amines is 1. The number of benzene rings is 2. The Bertz CT molecular complexity index is 1030. The minimum Gasteiger partial charge on any atom is -0.493 e. The summed E-state index contributed by atoms with van der Waals surface area (Å²) in [5.74, 6) is 0.937. The standard InChI is InChI=1S/C21H18N2O3/c1-14-21(16-5-3-4-6-17(16)23-14)18(24)9-7-15-8-10-19(26-12-11-22)20(13-15)25-2/h3-10,13,23H,12H2,1-2H3. The molecule has 0 atom stereocenters. The third-order valence-electron chi connectivity index (χ3n) is 4.05. The lowest BCUT2D eigenvalue weighted by atomic mass is 10.1. The number of aryl methyl sites for hydroxylation is 1. The van der Waals surface area contributed by atoms with E-state index in [2.05, 4.69) is 4.98 Å². The second-order valence-corrected chi connectivity index (χ2v) is 5.73. The summed E-state index contributed by atoms with van der Waals surface area (Å²) in [6.45, 7) is 1.84. The van der Waals surface area contributed by atoms with Crippen LogP contribution in [0.3, 0.4) is 0 Å². The van der Waals surface area contributed by atoms with E-state index in [0.29, 0.717) is 17.1 Å². The van der Waals surface area contributed by atoms with E-state index < -0.39 is 0 Å². The summed E-state index contributed by atoms with van der Waals surface area (Å²) in [5.41, 5.74) is 3.27. The average molecular weight is 346 g/mol. The van der Waals surface area contributed by atoms with E-state index in [-0.39, 0.29) is 12.4 Å². The van der Waals surface area contributed by atoms with Crippen LogP contribution in [0, 0.1) is 18.3 Å². The minimum atomic E-state index is -0.0660. The molecule has 0 saturated heterocycles. The molecular weight excluding hydrogens is 328 g/mol. The molecule has 0 amide bonds. The van der Waals surface area contributed by atoms with Gasteiger partial charge in [-0.1, -0.05) is 30.3 Å². The summed E-state index contributed by atoms with van der Waals surface area (Å²) in [4.78, 5) is 15.9. The van der Waals surface area contributed by atoms with Crippen LogP contribution >= 0.6 is 0 Å². The first kappa shape index (κ1) is 17.3. The van der Waals surface area contributed by atoms with Gasteiger partial charge < -0.3 is 14.5 Å². The molecule has 1 N–H and O–H groups in total. The zero-order chi connectivity index (χ0) is 18.5. The Kier molecular flexibility index (Phi) is 5.04. The van der Waals surface area contributed by atoms with Crippen molar-refractivity contribution in [3.05, 3.63) is 65.4 Å². The fraction of sp³-hybridized carbons (Fsp3) is 0.143. The van der Waals surface area contributed by atoms with Gasteiger partial charge in [0, 0.05) is 16.6 Å². The number of ether oxygens (including phenoxy) is 2. The van der Waals surface area contributed by atoms with Crippen LogP contribution in [0.4, 0.5) is 0 Å². The molecular formula is C21H18N2O3. The van der Waals surface area contributed by atoms with Crippen molar-refractivity contribution in [3.8, 4) is 17.6 Å². The Labute approximate surface area is 151 Å². The number of H-pyrrole nitrogens is 1. The topological polar surface area (TPSA) is 75.1 Å². The molecule has 0 aliphatic heterocycles. The molecule has 3 rings (SSSR count). The van der Waals surface area contributed by atoms with Gasteiger partial charge in [0.25, 0.3) is 0 Å². The van der Waals surface area contributed by atoms with Crippen molar-refractivity contribution in [1.29, 1.82) is 5.26 Å². The predicted octanol–water partition coefficient (Wildman–Crippen LogP) is 4.28. The first-order valence-electron chi connectivity index (χ1n) is 8.11. The number of rotatable bonds is 6. The summed E-state index contributed by atoms with van der Waals surface area (Å²) >= 11 is 0. The van der Waals surface area contributed by atoms with Crippen molar-refractivity contribution in [2.45, 2.75) is 6.92 Å². The maximum absolute atomic E-state index is 12.7. The van der Waals surface area contributed by atoms with E-state index >= 15 is 0 Å². The molecule has 2 aromatic carbocycles. The van der Waals surface area contributed by atoms with Crippen LogP contribution in [0.25, 0.3) is 17.0 Å². The third kappa shape index (κ3) is 3.45. The molecule has 1 aromatic heterocycles. The minimum absolute atomic E-state index is 0.0517. The number of nitrogens with one attached hydrogen (secondary N) is 1. The highest BCUT2D eigenvalue weighted by Crippen LogP contribution is 2.29. The van der Waals surface area contributed by atoms with Gasteiger partial charge in [0.2, 0.25) is 0 Å². The van der Waals surface area contributed by atoms with Crippen molar-refractivity contribution in [1.82, 2.24) is 4.98 Å². The number of nitriles is 1. The molecule has 130 valence electrons. The zero-order valence-electron chi connectivity index (χ0n) is 14.6. The number of aromatic nitrogens is 1. The molecule has 0 unspecified atom stereocenters. The number of allylic oxidation sites excluding steroid dienone is 1. The number of nitrogens with zero attached hydrogens (tertiary/aromatic N) is 1. The normalized spacial score (nSPS) is 10.8. The lowest BCUT2D eigenvalue weighted by Gasteiger charge is -2.08. The van der Waals surface area contributed by atoms with E-state index in [0.717, 1.165) is 22.2 Å². The van der Waals surface area contributed by atoms with Gasteiger partial charge in [-0.15, -0.1) is 0 Å². The fourth-order valence-corrected chi connectivity index (χ4v) is 2.87. The van der Waals surface area contributed by atoms with Gasteiger partial charge in [0.1, 0.15) is 6.07 Å². The van der Waals surface area contributed by atoms with Gasteiger partial charge in [-0.05, 0) is 36.8 Å². The van der Waals surface area contributed by atoms with Crippen molar-refractivity contribution >= 4 is 22.8 Å². The number of methoxy groups -OCH3 is 1. The van der Waals surface area contributed by atoms with Gasteiger partial charge >= 0.3 is 0 Å². The first-order valence-corrected chi connectivity index (χ1v) is 8.11. The molecule has 3 aromatic rings. The van der Waals surface area contributed by atoms with Gasteiger partial charge in [-0.25, -0.2) is 0 Å². The van der Waals surface area contributed by atoms with Crippen LogP contribution in [0.1, 0.15) is 21.6 Å². The molecule has 0 fully saturated rings. The highest BCUT2D eigenvalue weighted by Gasteiger charge is 2.13. The number of para-hydroxylation sites is 1. The smallest absolute Gasteiger partial charge is 0.188 e. The maximum atomic E-state index is 12.7. The lowest BCUT2D eigenvalue weighted by Crippen LogP contribution is -1.97. The summed E-state index contributed by atoms with van der Waals surface area (Å²) < 4.78 is 10.6. The van der Waals surface area contributed by atoms with Gasteiger partial charge in [0.05, 0.1) is 12.7 Å². The predicted molar refractivity (Wildman–Crippen MR) is 101 cm³/mol. The monoisotopic (exact) mass is 346 g/mol. The molecule has 0 aliphatic rings. The summed E-state index contributed by atoms with van der Waals surface area (Å²) in [6.07, 6.45) is 3.29. The average Bonchev–Trinajstić information content (AvgIpc) is 3.00. The Morgan fingerprint density at radius 2 is 2.04 bits per heavy atom. The summed E-state index contributed by atoms with van der Waals surface area (Å²) in [6, 6.07) is 14.9. The first-order chi connectivity index (χ1) is 12.6. The molecule has 0 saturated carbocycles. The van der Waals surface area contributed by atoms with Gasteiger partial charge in [-0.3, -0.25) is 4.79 Å². The van der Waals surface area contributed by atoms with Crippen LogP contribution in [-0.4, -0.2) is 24.5 Å². The van der Waals surface area contributed by atoms with E-state index in [1.165, 1.54) is 7.11 Å². The molecule has 1 heterocycles. The third-order valence-corrected chi connectivity index (χ3v) is 4.05. The van der Waals surface area contributed by atoms with Crippen LogP contribution in [0.15, 0.2) is 48.5 Å². The molecule has 0 bridgehead atoms. The van der Waals surface area contributed by atoms with Crippen molar-refractivity contribution in [3.63, 3.8) is 0 Å². The Balaban J connectivity index is 1.86. The zero-order valence-corrected chi connectivity index (χ0v) is 14.6. The number of carbonyl (C=O) groups excluding carboxylic acids is 1. The molecule has 0 spiro atoms. The van der Waals surface area contributed by atoms with Crippen LogP contribution in [0.2, 0.25) is 0 Å². The Morgan fingerprint density at radius 3 is 2.81 bits per heavy atom. The van der Waals surface area contributed by atoms with E-state index in [1.807, 2.05) is 37.3 Å². The Morgan fingerprint density at radius 1 is 1.23 bits per heavy atom. The number of hydrogen-bond donors (Lipinski definition) is 1. The second kappa shape index (κ2) is 7.58. The van der Waals surface area contributed by atoms with Gasteiger partial charge in [-0.2, -0.15) is 5.26 Å². The highest BCUT2D eigenvalue weighted by atomic mass is 16.5. The molecule has 0 radical (unpaired) electrons. The SMILES string of the molecule is COc1cc(C=CC(=O)c2c(C)[nH]c3ccccc23)ccc1OCC#N. The molecule has 0 aliphatic carbocycles. The van der Waals surface area contributed by atoms with Crippen LogP contribution in [-0.2, 0) is 0 Å². The molecule has 26 heavy (non-hydrogen) atoms. The maximum Gasteiger partial charge on any atom is 0.188 e. The fourth-order valence-electron chi connectivity index (χ4n) is 2.87. The van der Waals surface area contributed by atoms with Crippen molar-refractivity contribution in [2.24, 2.45) is 0 Å². The number of ketones is 1. The molecule has 5 heteroatoms. The summed E-state index contributed by atoms with van der Waals surface area (Å²) in [5, 5.41) is 9.53. The van der Waals surface area contributed by atoms with E-state index in [1.54, 1.807) is 30.4 Å². The van der Waals surface area contributed by atoms with Crippen LogP contribution < -0.4 is 9.47 Å². The van der Waals surface area contributed by atoms with E-state index in [9.17, 15) is 4.79 Å². The van der Waals surface area contributed by atoms with Gasteiger partial charge in [0.15, 0.2) is 23.9 Å². The second-order valence-electron chi connectivity index (χ2n) is 5.73. The van der Waals surface area contributed by atoms with E-state index in [4.69, 9.17) is 14.7 Å². The molecule has 5 nitrogen and oxygen atoms in total. The Hall–Kier alpha value is -3.52. The largest absolute Gasteiger partial charge is 0.493 e. The van der Waals surface area contributed by atoms with Crippen molar-refractivity contribution in [2.75, 3.05) is 13.7 Å².